The van der Waals surface area contributed by atoms with Crippen LogP contribution in [0.1, 0.15) is 47.8 Å². The van der Waals surface area contributed by atoms with E-state index in [4.69, 9.17) is 9.47 Å². The smallest absolute Gasteiger partial charge is 0.310 e. The topological polar surface area (TPSA) is 88.4 Å². The lowest BCUT2D eigenvalue weighted by Gasteiger charge is -2.19. The third-order valence-corrected chi connectivity index (χ3v) is 4.82. The van der Waals surface area contributed by atoms with Gasteiger partial charge in [-0.15, -0.1) is 0 Å². The standard InChI is InChI=1S/C28H28N2O4/c1-28(2,3)34-26(31)18-21-9-14-25(23(17-21)19-29)33-24-12-10-22(11-13-24)27(32)30-16-15-20-7-5-4-6-8-20/h4-14,17H,15-16,18H2,1-3H3,(H,30,32). The molecular formula is C28H28N2O4. The summed E-state index contributed by atoms with van der Waals surface area (Å²) >= 11 is 0. The number of nitrogens with zero attached hydrogens (tertiary/aromatic N) is 1. The summed E-state index contributed by atoms with van der Waals surface area (Å²) in [6, 6.07) is 23.8. The summed E-state index contributed by atoms with van der Waals surface area (Å²) in [6.45, 7) is 5.97. The number of nitrogens with one attached hydrogen (secondary N) is 1. The van der Waals surface area contributed by atoms with E-state index < -0.39 is 5.60 Å². The van der Waals surface area contributed by atoms with Crippen LogP contribution in [0.3, 0.4) is 0 Å². The fourth-order valence-electron chi connectivity index (χ4n) is 3.28. The Morgan fingerprint density at radius 3 is 2.29 bits per heavy atom. The van der Waals surface area contributed by atoms with E-state index in [1.807, 2.05) is 51.1 Å². The highest BCUT2D eigenvalue weighted by Gasteiger charge is 2.17. The van der Waals surface area contributed by atoms with Crippen LogP contribution in [0.5, 0.6) is 11.5 Å². The fraction of sp³-hybridized carbons (Fsp3) is 0.250. The number of ether oxygens (including phenoxy) is 2. The van der Waals surface area contributed by atoms with Crippen LogP contribution >= 0.6 is 0 Å². The molecule has 0 bridgehead atoms. The number of amides is 1. The van der Waals surface area contributed by atoms with Gasteiger partial charge < -0.3 is 14.8 Å². The van der Waals surface area contributed by atoms with Crippen LogP contribution in [-0.4, -0.2) is 24.0 Å². The number of hydrogen-bond donors (Lipinski definition) is 1. The van der Waals surface area contributed by atoms with Gasteiger partial charge in [0.1, 0.15) is 23.2 Å². The molecule has 3 rings (SSSR count). The van der Waals surface area contributed by atoms with Crippen LogP contribution in [-0.2, 0) is 22.4 Å². The van der Waals surface area contributed by atoms with Gasteiger partial charge in [-0.25, -0.2) is 0 Å². The number of carbonyl (C=O) groups excluding carboxylic acids is 2. The highest BCUT2D eigenvalue weighted by Crippen LogP contribution is 2.26. The molecule has 34 heavy (non-hydrogen) atoms. The molecule has 1 N–H and O–H groups in total. The molecule has 174 valence electrons. The molecule has 0 heterocycles. The monoisotopic (exact) mass is 456 g/mol. The summed E-state index contributed by atoms with van der Waals surface area (Å²) in [7, 11) is 0. The van der Waals surface area contributed by atoms with Gasteiger partial charge in [0.15, 0.2) is 0 Å². The zero-order valence-electron chi connectivity index (χ0n) is 19.6. The molecule has 1 amide bonds. The lowest BCUT2D eigenvalue weighted by molar-refractivity contribution is -0.153. The molecule has 0 unspecified atom stereocenters. The Balaban J connectivity index is 1.58. The summed E-state index contributed by atoms with van der Waals surface area (Å²) in [5.41, 5.74) is 2.10. The van der Waals surface area contributed by atoms with E-state index in [0.29, 0.717) is 34.7 Å². The Hall–Kier alpha value is -4.11. The van der Waals surface area contributed by atoms with E-state index in [1.165, 1.54) is 0 Å². The average molecular weight is 457 g/mol. The lowest BCUT2D eigenvalue weighted by atomic mass is 10.1. The Kier molecular flexibility index (Phi) is 8.05. The molecule has 0 saturated carbocycles. The van der Waals surface area contributed by atoms with Gasteiger partial charge in [-0.05, 0) is 74.7 Å². The number of esters is 1. The Morgan fingerprint density at radius 1 is 0.941 bits per heavy atom. The van der Waals surface area contributed by atoms with Crippen molar-refractivity contribution in [3.63, 3.8) is 0 Å². The van der Waals surface area contributed by atoms with Gasteiger partial charge in [0.05, 0.1) is 12.0 Å². The van der Waals surface area contributed by atoms with Crippen molar-refractivity contribution in [2.24, 2.45) is 0 Å². The van der Waals surface area contributed by atoms with E-state index >= 15 is 0 Å². The summed E-state index contributed by atoms with van der Waals surface area (Å²) < 4.78 is 11.2. The molecule has 0 radical (unpaired) electrons. The molecule has 0 spiro atoms. The third-order valence-electron chi connectivity index (χ3n) is 4.82. The minimum Gasteiger partial charge on any atom is -0.460 e. The zero-order chi connectivity index (χ0) is 24.6. The van der Waals surface area contributed by atoms with Crippen molar-refractivity contribution in [2.45, 2.75) is 39.2 Å². The van der Waals surface area contributed by atoms with Gasteiger partial charge in [0.25, 0.3) is 5.91 Å². The minimum atomic E-state index is -0.566. The number of benzene rings is 3. The molecule has 0 aliphatic rings. The van der Waals surface area contributed by atoms with Gasteiger partial charge in [-0.2, -0.15) is 5.26 Å². The predicted octanol–water partition coefficient (Wildman–Crippen LogP) is 5.21. The maximum atomic E-state index is 12.4. The van der Waals surface area contributed by atoms with E-state index in [-0.39, 0.29) is 18.3 Å². The van der Waals surface area contributed by atoms with E-state index in [2.05, 4.69) is 11.4 Å². The summed E-state index contributed by atoms with van der Waals surface area (Å²) in [6.07, 6.45) is 0.828. The van der Waals surface area contributed by atoms with Gasteiger partial charge in [-0.3, -0.25) is 9.59 Å². The quantitative estimate of drug-likeness (QED) is 0.470. The van der Waals surface area contributed by atoms with Crippen LogP contribution in [0.4, 0.5) is 0 Å². The van der Waals surface area contributed by atoms with Crippen molar-refractivity contribution in [3.05, 3.63) is 95.1 Å². The number of carbonyl (C=O) groups is 2. The van der Waals surface area contributed by atoms with Crippen LogP contribution in [0, 0.1) is 11.3 Å². The zero-order valence-corrected chi connectivity index (χ0v) is 19.6. The van der Waals surface area contributed by atoms with Crippen LogP contribution in [0.25, 0.3) is 0 Å². The second-order valence-electron chi connectivity index (χ2n) is 8.82. The molecular weight excluding hydrogens is 428 g/mol. The van der Waals surface area contributed by atoms with E-state index in [1.54, 1.807) is 42.5 Å². The molecule has 6 nitrogen and oxygen atoms in total. The summed E-state index contributed by atoms with van der Waals surface area (Å²) in [5.74, 6) is 0.349. The van der Waals surface area contributed by atoms with Crippen molar-refractivity contribution in [1.82, 2.24) is 5.32 Å². The van der Waals surface area contributed by atoms with Crippen molar-refractivity contribution in [1.29, 1.82) is 5.26 Å². The van der Waals surface area contributed by atoms with E-state index in [9.17, 15) is 14.9 Å². The Bertz CT molecular complexity index is 1170. The molecule has 3 aromatic carbocycles. The number of nitriles is 1. The molecule has 3 aromatic rings. The fourth-order valence-corrected chi connectivity index (χ4v) is 3.28. The van der Waals surface area contributed by atoms with Gasteiger partial charge in [0, 0.05) is 12.1 Å². The molecule has 0 aliphatic heterocycles. The van der Waals surface area contributed by atoms with E-state index in [0.717, 1.165) is 12.0 Å². The maximum Gasteiger partial charge on any atom is 0.310 e. The summed E-state index contributed by atoms with van der Waals surface area (Å²) in [5, 5.41) is 12.4. The van der Waals surface area contributed by atoms with Crippen molar-refractivity contribution in [3.8, 4) is 17.6 Å². The number of rotatable bonds is 8. The summed E-state index contributed by atoms with van der Waals surface area (Å²) in [4.78, 5) is 24.4. The molecule has 0 saturated heterocycles. The normalized spacial score (nSPS) is 10.8. The SMILES string of the molecule is CC(C)(C)OC(=O)Cc1ccc(Oc2ccc(C(=O)NCCc3ccccc3)cc2)c(C#N)c1. The molecule has 0 atom stereocenters. The Morgan fingerprint density at radius 2 is 1.65 bits per heavy atom. The molecule has 0 fully saturated rings. The second-order valence-corrected chi connectivity index (χ2v) is 8.82. The first-order valence-electron chi connectivity index (χ1n) is 11.1. The van der Waals surface area contributed by atoms with Crippen LogP contribution in [0.2, 0.25) is 0 Å². The lowest BCUT2D eigenvalue weighted by Crippen LogP contribution is -2.25. The average Bonchev–Trinajstić information content (AvgIpc) is 2.80. The van der Waals surface area contributed by atoms with Crippen LogP contribution in [0.15, 0.2) is 72.8 Å². The highest BCUT2D eigenvalue weighted by atomic mass is 16.6. The van der Waals surface area contributed by atoms with Crippen molar-refractivity contribution in [2.75, 3.05) is 6.54 Å². The third kappa shape index (κ3) is 7.49. The predicted molar refractivity (Wildman–Crippen MR) is 130 cm³/mol. The van der Waals surface area contributed by atoms with Gasteiger partial charge in [0.2, 0.25) is 0 Å². The van der Waals surface area contributed by atoms with Crippen molar-refractivity contribution >= 4 is 11.9 Å². The van der Waals surface area contributed by atoms with Gasteiger partial charge >= 0.3 is 5.97 Å². The van der Waals surface area contributed by atoms with Crippen molar-refractivity contribution < 1.29 is 19.1 Å². The minimum absolute atomic E-state index is 0.0698. The molecule has 6 heteroatoms. The first-order chi connectivity index (χ1) is 16.2. The first-order valence-corrected chi connectivity index (χ1v) is 11.1. The first kappa shape index (κ1) is 24.5. The van der Waals surface area contributed by atoms with Gasteiger partial charge in [-0.1, -0.05) is 36.4 Å². The van der Waals surface area contributed by atoms with Crippen LogP contribution < -0.4 is 10.1 Å². The largest absolute Gasteiger partial charge is 0.460 e. The highest BCUT2D eigenvalue weighted by molar-refractivity contribution is 5.94. The number of hydrogen-bond acceptors (Lipinski definition) is 5. The second kappa shape index (κ2) is 11.2. The molecule has 0 aromatic heterocycles. The molecule has 0 aliphatic carbocycles. The maximum absolute atomic E-state index is 12.4. The Labute approximate surface area is 200 Å².